The summed E-state index contributed by atoms with van der Waals surface area (Å²) in [7, 11) is 0. The molecule has 0 aromatic carbocycles. The number of unbranched alkanes of at least 4 members (excludes halogenated alkanes) is 5. The fourth-order valence-electron chi connectivity index (χ4n) is 4.43. The third kappa shape index (κ3) is 10.4. The summed E-state index contributed by atoms with van der Waals surface area (Å²) in [6, 6.07) is 0. The quantitative estimate of drug-likeness (QED) is 0.127. The number of epoxide rings is 1. The van der Waals surface area contributed by atoms with Gasteiger partial charge in [-0.15, -0.1) is 0 Å². The smallest absolute Gasteiger partial charge is 0.330 e. The molecule has 2 aliphatic heterocycles. The van der Waals surface area contributed by atoms with Crippen molar-refractivity contribution in [3.63, 3.8) is 0 Å². The van der Waals surface area contributed by atoms with Gasteiger partial charge in [0.15, 0.2) is 5.78 Å². The molecule has 2 fully saturated rings. The van der Waals surface area contributed by atoms with Gasteiger partial charge < -0.3 is 29.5 Å². The van der Waals surface area contributed by atoms with E-state index in [2.05, 4.69) is 0 Å². The molecule has 0 bridgehead atoms. The van der Waals surface area contributed by atoms with Crippen LogP contribution in [0.15, 0.2) is 11.6 Å². The molecule has 9 nitrogen and oxygen atoms in total. The summed E-state index contributed by atoms with van der Waals surface area (Å²) in [5.74, 6) is -1.94. The second-order valence-electron chi connectivity index (χ2n) is 10.0. The zero-order valence-electron chi connectivity index (χ0n) is 21.2. The number of hydrogen-bond acceptors (Lipinski definition) is 8. The van der Waals surface area contributed by atoms with Gasteiger partial charge in [0.1, 0.15) is 6.10 Å². The van der Waals surface area contributed by atoms with E-state index in [9.17, 15) is 24.6 Å². The van der Waals surface area contributed by atoms with E-state index in [-0.39, 0.29) is 43.4 Å². The first-order chi connectivity index (χ1) is 16.6. The average Bonchev–Trinajstić information content (AvgIpc) is 3.55. The zero-order chi connectivity index (χ0) is 26.0. The standard InChI is InChI=1S/C26H42O9/c1-16(13-23(30)33-11-9-7-5-4-6-8-10-22(28)29)12-20-25(32)24(31)19(15-34-20)14-21-26(35-21)17(2)18(3)27/h13,17-21,25-27,32H,4-12,14-15H2,1-3H3,(H,28,29)/b16-13+/t17-,18-,19-,20-,21?,25-,26?/m0/s1. The largest absolute Gasteiger partial charge is 0.481 e. The van der Waals surface area contributed by atoms with E-state index in [4.69, 9.17) is 19.3 Å². The van der Waals surface area contributed by atoms with Crippen LogP contribution in [0.5, 0.6) is 0 Å². The number of carbonyl (C=O) groups excluding carboxylic acids is 2. The van der Waals surface area contributed by atoms with Gasteiger partial charge in [-0.2, -0.15) is 0 Å². The Labute approximate surface area is 207 Å². The molecule has 9 heteroatoms. The number of aliphatic hydroxyl groups is 2. The SMILES string of the molecule is C/C(=C\C(=O)OCCCCCCCCC(=O)O)C[C@@H]1OC[C@H](CC2OC2[C@@H](C)[C@H](C)O)C(=O)[C@H]1O. The molecule has 0 spiro atoms. The van der Waals surface area contributed by atoms with Crippen molar-refractivity contribution in [2.45, 2.75) is 109 Å². The van der Waals surface area contributed by atoms with Crippen molar-refractivity contribution in [2.75, 3.05) is 13.2 Å². The van der Waals surface area contributed by atoms with Crippen LogP contribution in [0.3, 0.4) is 0 Å². The molecule has 0 aromatic heterocycles. The maximum Gasteiger partial charge on any atom is 0.330 e. The third-order valence-electron chi connectivity index (χ3n) is 6.89. The van der Waals surface area contributed by atoms with Crippen LogP contribution >= 0.6 is 0 Å². The van der Waals surface area contributed by atoms with E-state index in [0.29, 0.717) is 25.0 Å². The summed E-state index contributed by atoms with van der Waals surface area (Å²) in [4.78, 5) is 35.1. The lowest BCUT2D eigenvalue weighted by atomic mass is 9.87. The molecular formula is C26H42O9. The van der Waals surface area contributed by atoms with Crippen molar-refractivity contribution in [3.8, 4) is 0 Å². The fraction of sp³-hybridized carbons (Fsp3) is 0.808. The van der Waals surface area contributed by atoms with Crippen LogP contribution in [0.4, 0.5) is 0 Å². The molecule has 0 amide bonds. The third-order valence-corrected chi connectivity index (χ3v) is 6.89. The van der Waals surface area contributed by atoms with Crippen LogP contribution in [0, 0.1) is 11.8 Å². The van der Waals surface area contributed by atoms with Gasteiger partial charge in [-0.25, -0.2) is 4.79 Å². The number of carbonyl (C=O) groups is 3. The minimum absolute atomic E-state index is 0.0136. The van der Waals surface area contributed by atoms with Gasteiger partial charge in [-0.1, -0.05) is 38.2 Å². The summed E-state index contributed by atoms with van der Waals surface area (Å²) in [5.41, 5.74) is 0.667. The topological polar surface area (TPSA) is 143 Å². The van der Waals surface area contributed by atoms with Gasteiger partial charge in [0.2, 0.25) is 0 Å². The minimum atomic E-state index is -1.25. The summed E-state index contributed by atoms with van der Waals surface area (Å²) in [6.45, 7) is 5.88. The number of ketones is 1. The monoisotopic (exact) mass is 498 g/mol. The summed E-state index contributed by atoms with van der Waals surface area (Å²) in [6.07, 6.45) is 4.89. The highest BCUT2D eigenvalue weighted by Crippen LogP contribution is 2.37. The molecule has 2 saturated heterocycles. The van der Waals surface area contributed by atoms with Crippen LogP contribution in [0.1, 0.15) is 78.6 Å². The Morgan fingerprint density at radius 1 is 1.11 bits per heavy atom. The van der Waals surface area contributed by atoms with Crippen molar-refractivity contribution in [1.29, 1.82) is 0 Å². The predicted molar refractivity (Wildman–Crippen MR) is 128 cm³/mol. The van der Waals surface area contributed by atoms with E-state index >= 15 is 0 Å². The summed E-state index contributed by atoms with van der Waals surface area (Å²) in [5, 5.41) is 28.7. The molecule has 2 heterocycles. The molecule has 0 aliphatic carbocycles. The van der Waals surface area contributed by atoms with Gasteiger partial charge in [-0.3, -0.25) is 9.59 Å². The number of esters is 1. The average molecular weight is 499 g/mol. The van der Waals surface area contributed by atoms with Gasteiger partial charge >= 0.3 is 11.9 Å². The highest BCUT2D eigenvalue weighted by Gasteiger charge is 2.48. The second-order valence-corrected chi connectivity index (χ2v) is 10.0. The number of carboxylic acid groups (broad SMARTS) is 1. The van der Waals surface area contributed by atoms with Crippen LogP contribution in [0.25, 0.3) is 0 Å². The highest BCUT2D eigenvalue weighted by molar-refractivity contribution is 5.87. The lowest BCUT2D eigenvalue weighted by molar-refractivity contribution is -0.156. The molecule has 0 saturated carbocycles. The lowest BCUT2D eigenvalue weighted by Gasteiger charge is -2.32. The van der Waals surface area contributed by atoms with Crippen molar-refractivity contribution in [2.24, 2.45) is 11.8 Å². The van der Waals surface area contributed by atoms with E-state index in [1.807, 2.05) is 6.92 Å². The van der Waals surface area contributed by atoms with Gasteiger partial charge in [0, 0.05) is 24.3 Å². The number of rotatable bonds is 16. The van der Waals surface area contributed by atoms with Crippen LogP contribution in [-0.4, -0.2) is 76.8 Å². The Kier molecular flexibility index (Phi) is 12.3. The molecular weight excluding hydrogens is 456 g/mol. The Morgan fingerprint density at radius 3 is 2.43 bits per heavy atom. The van der Waals surface area contributed by atoms with E-state index in [0.717, 1.165) is 32.1 Å². The number of hydrogen-bond donors (Lipinski definition) is 3. The second kappa shape index (κ2) is 14.7. The fourth-order valence-corrected chi connectivity index (χ4v) is 4.43. The summed E-state index contributed by atoms with van der Waals surface area (Å²) >= 11 is 0. The maximum atomic E-state index is 12.7. The lowest BCUT2D eigenvalue weighted by Crippen LogP contribution is -2.47. The maximum absolute atomic E-state index is 12.7. The molecule has 0 radical (unpaired) electrons. The number of aliphatic hydroxyl groups excluding tert-OH is 2. The molecule has 2 unspecified atom stereocenters. The molecule has 7 atom stereocenters. The highest BCUT2D eigenvalue weighted by atomic mass is 16.6. The van der Waals surface area contributed by atoms with E-state index in [1.165, 1.54) is 6.08 Å². The Morgan fingerprint density at radius 2 is 1.77 bits per heavy atom. The van der Waals surface area contributed by atoms with Crippen molar-refractivity contribution in [3.05, 3.63) is 11.6 Å². The Bertz CT molecular complexity index is 732. The minimum Gasteiger partial charge on any atom is -0.481 e. The number of aliphatic carboxylic acids is 1. The van der Waals surface area contributed by atoms with E-state index in [1.54, 1.807) is 13.8 Å². The molecule has 3 N–H and O–H groups in total. The molecule has 0 aromatic rings. The number of ether oxygens (including phenoxy) is 3. The number of carboxylic acids is 1. The normalized spacial score (nSPS) is 28.4. The first kappa shape index (κ1) is 29.4. The predicted octanol–water partition coefficient (Wildman–Crippen LogP) is 2.80. The van der Waals surface area contributed by atoms with Crippen molar-refractivity contribution >= 4 is 17.7 Å². The van der Waals surface area contributed by atoms with Gasteiger partial charge in [0.25, 0.3) is 0 Å². The van der Waals surface area contributed by atoms with Crippen LogP contribution in [-0.2, 0) is 28.6 Å². The van der Waals surface area contributed by atoms with Crippen LogP contribution in [0.2, 0.25) is 0 Å². The summed E-state index contributed by atoms with van der Waals surface area (Å²) < 4.78 is 16.6. The van der Waals surface area contributed by atoms with Gasteiger partial charge in [-0.05, 0) is 39.5 Å². The zero-order valence-corrected chi connectivity index (χ0v) is 21.2. The first-order valence-corrected chi connectivity index (χ1v) is 12.8. The Balaban J connectivity index is 1.62. The van der Waals surface area contributed by atoms with Gasteiger partial charge in [0.05, 0.1) is 37.6 Å². The van der Waals surface area contributed by atoms with E-state index < -0.39 is 36.2 Å². The molecule has 200 valence electrons. The molecule has 2 aliphatic rings. The Hall–Kier alpha value is -1.81. The first-order valence-electron chi connectivity index (χ1n) is 12.8. The molecule has 2 rings (SSSR count). The number of Topliss-reactive ketones (excluding diaryl/α,β-unsaturated/α-hetero) is 1. The molecule has 35 heavy (non-hydrogen) atoms. The van der Waals surface area contributed by atoms with Crippen LogP contribution < -0.4 is 0 Å². The van der Waals surface area contributed by atoms with Crippen molar-refractivity contribution < 1.29 is 43.9 Å². The van der Waals surface area contributed by atoms with Crippen molar-refractivity contribution in [1.82, 2.24) is 0 Å².